The van der Waals surface area contributed by atoms with Gasteiger partial charge in [0, 0.05) is 6.54 Å². The van der Waals surface area contributed by atoms with Gasteiger partial charge in [-0.15, -0.1) is 0 Å². The van der Waals surface area contributed by atoms with E-state index in [2.05, 4.69) is 5.32 Å². The van der Waals surface area contributed by atoms with Crippen LogP contribution in [0.2, 0.25) is 0 Å². The first-order valence-electron chi connectivity index (χ1n) is 9.06. The van der Waals surface area contributed by atoms with Crippen LogP contribution in [0.3, 0.4) is 0 Å². The molecule has 1 amide bonds. The molecule has 1 atom stereocenters. The number of benzene rings is 2. The highest BCUT2D eigenvalue weighted by atomic mass is 32.2. The predicted octanol–water partition coefficient (Wildman–Crippen LogP) is 1.39. The van der Waals surface area contributed by atoms with Crippen LogP contribution in [0.5, 0.6) is 5.75 Å². The van der Waals surface area contributed by atoms with Gasteiger partial charge in [0.15, 0.2) is 12.7 Å². The van der Waals surface area contributed by atoms with Gasteiger partial charge in [-0.1, -0.05) is 37.3 Å². The molecule has 8 nitrogen and oxygen atoms in total. The van der Waals surface area contributed by atoms with E-state index in [1.54, 1.807) is 43.3 Å². The summed E-state index contributed by atoms with van der Waals surface area (Å²) in [6.07, 6.45) is 0.103. The fourth-order valence-electron chi connectivity index (χ4n) is 2.43. The molecule has 0 fully saturated rings. The van der Waals surface area contributed by atoms with Gasteiger partial charge in [0.05, 0.1) is 4.90 Å². The summed E-state index contributed by atoms with van der Waals surface area (Å²) in [5.74, 6) is -0.492. The fraction of sp³-hybridized carbons (Fsp3) is 0.300. The molecule has 156 valence electrons. The Labute approximate surface area is 170 Å². The van der Waals surface area contributed by atoms with E-state index in [1.165, 1.54) is 12.1 Å². The first-order chi connectivity index (χ1) is 13.8. The first-order valence-corrected chi connectivity index (χ1v) is 10.6. The normalized spacial score (nSPS) is 12.1. The molecule has 0 radical (unpaired) electrons. The van der Waals surface area contributed by atoms with Crippen molar-refractivity contribution in [1.82, 2.24) is 5.32 Å². The van der Waals surface area contributed by atoms with Crippen LogP contribution in [-0.2, 0) is 30.8 Å². The van der Waals surface area contributed by atoms with Gasteiger partial charge in [0.25, 0.3) is 5.91 Å². The van der Waals surface area contributed by atoms with Gasteiger partial charge in [0.2, 0.25) is 10.0 Å². The number of carbonyl (C=O) groups is 2. The van der Waals surface area contributed by atoms with Crippen LogP contribution in [0.1, 0.15) is 18.9 Å². The van der Waals surface area contributed by atoms with E-state index in [0.717, 1.165) is 5.56 Å². The lowest BCUT2D eigenvalue weighted by Crippen LogP contribution is -2.34. The zero-order chi connectivity index (χ0) is 21.3. The Morgan fingerprint density at radius 3 is 2.31 bits per heavy atom. The number of ether oxygens (including phenoxy) is 2. The molecular weight excluding hydrogens is 396 g/mol. The standard InChI is InChI=1S/C20H24N2O6S/c1-2-18(28-16-6-4-3-5-7-16)20(24)27-14-19(23)22-13-12-15-8-10-17(11-9-15)29(21,25)26/h3-11,18H,2,12-14H2,1H3,(H,22,23)(H2,21,25,26)/t18-/m1/s1. The maximum atomic E-state index is 12.1. The summed E-state index contributed by atoms with van der Waals surface area (Å²) in [5.41, 5.74) is 0.831. The SMILES string of the molecule is CC[C@@H](Oc1ccccc1)C(=O)OCC(=O)NCCc1ccc(S(N)(=O)=O)cc1. The maximum Gasteiger partial charge on any atom is 0.347 e. The van der Waals surface area contributed by atoms with Crippen LogP contribution in [0.25, 0.3) is 0 Å². The highest BCUT2D eigenvalue weighted by molar-refractivity contribution is 7.89. The lowest BCUT2D eigenvalue weighted by molar-refractivity contribution is -0.155. The van der Waals surface area contributed by atoms with E-state index in [0.29, 0.717) is 25.1 Å². The summed E-state index contributed by atoms with van der Waals surface area (Å²) >= 11 is 0. The second-order valence-corrected chi connectivity index (χ2v) is 7.79. The van der Waals surface area contributed by atoms with Crippen molar-refractivity contribution in [1.29, 1.82) is 0 Å². The molecule has 0 aliphatic rings. The molecule has 2 rings (SSSR count). The van der Waals surface area contributed by atoms with Crippen molar-refractivity contribution in [2.24, 2.45) is 5.14 Å². The minimum absolute atomic E-state index is 0.0281. The van der Waals surface area contributed by atoms with Gasteiger partial charge in [-0.05, 0) is 42.7 Å². The van der Waals surface area contributed by atoms with Gasteiger partial charge in [-0.25, -0.2) is 18.4 Å². The quantitative estimate of drug-likeness (QED) is 0.560. The molecule has 0 aliphatic heterocycles. The molecule has 2 aromatic rings. The number of carbonyl (C=O) groups excluding carboxylic acids is 2. The summed E-state index contributed by atoms with van der Waals surface area (Å²) in [6, 6.07) is 15.0. The lowest BCUT2D eigenvalue weighted by atomic mass is 10.1. The second kappa shape index (κ2) is 10.6. The number of nitrogens with two attached hydrogens (primary N) is 1. The van der Waals surface area contributed by atoms with E-state index in [4.69, 9.17) is 14.6 Å². The van der Waals surface area contributed by atoms with E-state index >= 15 is 0 Å². The number of hydrogen-bond donors (Lipinski definition) is 2. The molecule has 9 heteroatoms. The minimum Gasteiger partial charge on any atom is -0.479 e. The smallest absolute Gasteiger partial charge is 0.347 e. The average molecular weight is 420 g/mol. The third-order valence-electron chi connectivity index (χ3n) is 3.99. The van der Waals surface area contributed by atoms with Crippen LogP contribution in [-0.4, -0.2) is 39.5 Å². The van der Waals surface area contributed by atoms with Gasteiger partial charge in [-0.3, -0.25) is 4.79 Å². The number of sulfonamides is 1. The molecule has 29 heavy (non-hydrogen) atoms. The van der Waals surface area contributed by atoms with E-state index in [9.17, 15) is 18.0 Å². The molecule has 0 unspecified atom stereocenters. The first kappa shape index (κ1) is 22.4. The summed E-state index contributed by atoms with van der Waals surface area (Å²) in [7, 11) is -3.73. The molecule has 0 saturated heterocycles. The van der Waals surface area contributed by atoms with Crippen LogP contribution in [0, 0.1) is 0 Å². The van der Waals surface area contributed by atoms with Crippen LogP contribution >= 0.6 is 0 Å². The summed E-state index contributed by atoms with van der Waals surface area (Å²) < 4.78 is 33.0. The summed E-state index contributed by atoms with van der Waals surface area (Å²) in [5, 5.41) is 7.68. The van der Waals surface area contributed by atoms with Crippen molar-refractivity contribution < 1.29 is 27.5 Å². The molecule has 3 N–H and O–H groups in total. The molecule has 0 saturated carbocycles. The Morgan fingerprint density at radius 2 is 1.72 bits per heavy atom. The molecule has 0 spiro atoms. The second-order valence-electron chi connectivity index (χ2n) is 6.22. The van der Waals surface area contributed by atoms with Crippen molar-refractivity contribution in [2.75, 3.05) is 13.2 Å². The van der Waals surface area contributed by atoms with Crippen molar-refractivity contribution >= 4 is 21.9 Å². The molecular formula is C20H24N2O6S. The summed E-state index contributed by atoms with van der Waals surface area (Å²) in [4.78, 5) is 24.0. The number of esters is 1. The van der Waals surface area contributed by atoms with E-state index < -0.39 is 34.6 Å². The monoisotopic (exact) mass is 420 g/mol. The molecule has 0 aliphatic carbocycles. The Balaban J connectivity index is 1.72. The zero-order valence-corrected chi connectivity index (χ0v) is 16.9. The average Bonchev–Trinajstić information content (AvgIpc) is 2.70. The molecule has 0 bridgehead atoms. The number of para-hydroxylation sites is 1. The summed E-state index contributed by atoms with van der Waals surface area (Å²) in [6.45, 7) is 1.69. The van der Waals surface area contributed by atoms with Crippen molar-refractivity contribution in [3.63, 3.8) is 0 Å². The zero-order valence-electron chi connectivity index (χ0n) is 16.0. The number of rotatable bonds is 10. The Morgan fingerprint density at radius 1 is 1.07 bits per heavy atom. The molecule has 2 aromatic carbocycles. The van der Waals surface area contributed by atoms with Crippen LogP contribution in [0.4, 0.5) is 0 Å². The molecule has 0 aromatic heterocycles. The van der Waals surface area contributed by atoms with Crippen LogP contribution < -0.4 is 15.2 Å². The third-order valence-corrected chi connectivity index (χ3v) is 4.92. The fourth-order valence-corrected chi connectivity index (χ4v) is 2.95. The number of nitrogens with one attached hydrogen (secondary N) is 1. The Kier molecular flexibility index (Phi) is 8.17. The van der Waals surface area contributed by atoms with Crippen LogP contribution in [0.15, 0.2) is 59.5 Å². The van der Waals surface area contributed by atoms with Crippen molar-refractivity contribution in [3.8, 4) is 5.75 Å². The van der Waals surface area contributed by atoms with E-state index in [-0.39, 0.29) is 4.90 Å². The molecule has 0 heterocycles. The number of primary sulfonamides is 1. The topological polar surface area (TPSA) is 125 Å². The van der Waals surface area contributed by atoms with Crippen molar-refractivity contribution in [2.45, 2.75) is 30.8 Å². The number of hydrogen-bond acceptors (Lipinski definition) is 6. The minimum atomic E-state index is -3.73. The third kappa shape index (κ3) is 7.55. The van der Waals surface area contributed by atoms with Gasteiger partial charge in [0.1, 0.15) is 5.75 Å². The van der Waals surface area contributed by atoms with Gasteiger partial charge >= 0.3 is 5.97 Å². The Hall–Kier alpha value is -2.91. The largest absolute Gasteiger partial charge is 0.479 e. The highest BCUT2D eigenvalue weighted by Gasteiger charge is 2.21. The predicted molar refractivity (Wildman–Crippen MR) is 107 cm³/mol. The van der Waals surface area contributed by atoms with E-state index in [1.807, 2.05) is 6.07 Å². The highest BCUT2D eigenvalue weighted by Crippen LogP contribution is 2.13. The number of amides is 1. The van der Waals surface area contributed by atoms with Gasteiger partial charge in [-0.2, -0.15) is 0 Å². The lowest BCUT2D eigenvalue weighted by Gasteiger charge is -2.16. The Bertz CT molecular complexity index is 914. The maximum absolute atomic E-state index is 12.1. The van der Waals surface area contributed by atoms with Gasteiger partial charge < -0.3 is 14.8 Å². The van der Waals surface area contributed by atoms with Crippen molar-refractivity contribution in [3.05, 3.63) is 60.2 Å².